The number of fused-ring (bicyclic) bond motifs is 4. The molecule has 0 saturated carbocycles. The Hall–Kier alpha value is -2.42. The Labute approximate surface area is 110 Å². The number of rotatable bonds is 0. The predicted molar refractivity (Wildman–Crippen MR) is 77.0 cm³/mol. The third-order valence-electron chi connectivity index (χ3n) is 3.77. The van der Waals surface area contributed by atoms with Gasteiger partial charge in [-0.3, -0.25) is 0 Å². The molecule has 19 heavy (non-hydrogen) atoms. The first kappa shape index (κ1) is 10.5. The van der Waals surface area contributed by atoms with Crippen LogP contribution in [0, 0.1) is 6.92 Å². The van der Waals surface area contributed by atoms with Crippen molar-refractivity contribution in [2.24, 2.45) is 7.05 Å². The third-order valence-corrected chi connectivity index (χ3v) is 3.77. The molecule has 1 aromatic carbocycles. The second-order valence-corrected chi connectivity index (χ2v) is 5.04. The average Bonchev–Trinajstić information content (AvgIpc) is 2.78. The summed E-state index contributed by atoms with van der Waals surface area (Å²) in [5, 5.41) is 2.39. The number of aromatic nitrogens is 3. The fraction of sp³-hybridized carbons (Fsp3) is 0.125. The molecule has 0 spiro atoms. The molecular weight excluding hydrogens is 234 g/mol. The highest BCUT2D eigenvalue weighted by Gasteiger charge is 2.12. The lowest BCUT2D eigenvalue weighted by atomic mass is 10.1. The molecule has 3 aromatic heterocycles. The zero-order valence-corrected chi connectivity index (χ0v) is 10.9. The molecule has 4 rings (SSSR count). The number of aryl methyl sites for hydroxylation is 2. The number of nitrogens with zero attached hydrogens (tertiary/aromatic N) is 2. The lowest BCUT2D eigenvalue weighted by Gasteiger charge is -2.01. The molecule has 0 unspecified atom stereocenters. The highest BCUT2D eigenvalue weighted by molar-refractivity contribution is 6.09. The fourth-order valence-corrected chi connectivity index (χ4v) is 2.76. The Kier molecular flexibility index (Phi) is 1.96. The van der Waals surface area contributed by atoms with E-state index in [-0.39, 0.29) is 0 Å². The van der Waals surface area contributed by atoms with E-state index in [1.165, 1.54) is 16.3 Å². The molecule has 3 nitrogen and oxygen atoms in total. The number of H-pyrrole nitrogens is 1. The molecule has 0 fully saturated rings. The topological polar surface area (TPSA) is 32.6 Å². The van der Waals surface area contributed by atoms with Gasteiger partial charge >= 0.3 is 0 Å². The Morgan fingerprint density at radius 1 is 1.11 bits per heavy atom. The summed E-state index contributed by atoms with van der Waals surface area (Å²) in [5.41, 5.74) is 5.65. The van der Waals surface area contributed by atoms with Crippen LogP contribution in [0.5, 0.6) is 0 Å². The first-order chi connectivity index (χ1) is 9.24. The van der Waals surface area contributed by atoms with E-state index in [9.17, 15) is 0 Å². The quantitative estimate of drug-likeness (QED) is 0.477. The summed E-state index contributed by atoms with van der Waals surface area (Å²) in [7, 11) is 2.02. The average molecular weight is 248 g/mol. The summed E-state index contributed by atoms with van der Waals surface area (Å²) in [5.74, 6) is 0. The van der Waals surface area contributed by atoms with E-state index in [4.69, 9.17) is 4.98 Å². The van der Waals surface area contributed by atoms with E-state index in [1.54, 1.807) is 0 Å². The van der Waals surface area contributed by atoms with E-state index in [0.29, 0.717) is 0 Å². The monoisotopic (exact) mass is 248 g/mol. The standard InChI is InChI=1S/C16H13N3/c1-10-11-7-8-19(2)9-14(11)18-16-12-5-3-4-6-13(12)17-15(10)16/h3-9H,1-2H3/p+1. The van der Waals surface area contributed by atoms with Gasteiger partial charge in [-0.15, -0.1) is 0 Å². The number of benzene rings is 1. The van der Waals surface area contributed by atoms with Crippen LogP contribution in [0.25, 0.3) is 32.8 Å². The Morgan fingerprint density at radius 3 is 2.84 bits per heavy atom. The maximum atomic E-state index is 4.84. The molecular formula is C16H14N3+. The minimum atomic E-state index is 1.04. The van der Waals surface area contributed by atoms with Gasteiger partial charge in [0.25, 0.3) is 0 Å². The molecule has 4 aromatic rings. The molecule has 0 bridgehead atoms. The Balaban J connectivity index is 2.30. The maximum Gasteiger partial charge on any atom is 0.195 e. The van der Waals surface area contributed by atoms with Gasteiger partial charge in [-0.05, 0) is 18.6 Å². The summed E-state index contributed by atoms with van der Waals surface area (Å²) in [4.78, 5) is 8.32. The molecule has 0 amide bonds. The lowest BCUT2D eigenvalue weighted by molar-refractivity contribution is -0.670. The second kappa shape index (κ2) is 3.54. The van der Waals surface area contributed by atoms with Crippen molar-refractivity contribution in [3.8, 4) is 0 Å². The van der Waals surface area contributed by atoms with Crippen molar-refractivity contribution >= 4 is 32.8 Å². The van der Waals surface area contributed by atoms with Crippen molar-refractivity contribution in [3.05, 3.63) is 48.3 Å². The molecule has 0 atom stereocenters. The van der Waals surface area contributed by atoms with Crippen molar-refractivity contribution in [3.63, 3.8) is 0 Å². The lowest BCUT2D eigenvalue weighted by Crippen LogP contribution is -2.26. The first-order valence-corrected chi connectivity index (χ1v) is 6.40. The van der Waals surface area contributed by atoms with Crippen LogP contribution in [0.15, 0.2) is 42.7 Å². The van der Waals surface area contributed by atoms with Crippen LogP contribution in [-0.4, -0.2) is 9.97 Å². The van der Waals surface area contributed by atoms with E-state index in [0.717, 1.165) is 22.1 Å². The summed E-state index contributed by atoms with van der Waals surface area (Å²) in [6.45, 7) is 2.15. The van der Waals surface area contributed by atoms with Gasteiger partial charge < -0.3 is 4.98 Å². The zero-order chi connectivity index (χ0) is 13.0. The normalized spacial score (nSPS) is 11.7. The Bertz CT molecular complexity index is 935. The zero-order valence-electron chi connectivity index (χ0n) is 10.9. The molecule has 0 aliphatic carbocycles. The summed E-state index contributed by atoms with van der Waals surface area (Å²) >= 11 is 0. The van der Waals surface area contributed by atoms with Crippen LogP contribution in [0.4, 0.5) is 0 Å². The number of pyridine rings is 2. The van der Waals surface area contributed by atoms with Crippen molar-refractivity contribution in [2.45, 2.75) is 6.92 Å². The van der Waals surface area contributed by atoms with Crippen LogP contribution >= 0.6 is 0 Å². The second-order valence-electron chi connectivity index (χ2n) is 5.04. The van der Waals surface area contributed by atoms with E-state index < -0.39 is 0 Å². The molecule has 1 N–H and O–H groups in total. The van der Waals surface area contributed by atoms with Crippen molar-refractivity contribution in [2.75, 3.05) is 0 Å². The third kappa shape index (κ3) is 1.38. The van der Waals surface area contributed by atoms with Gasteiger partial charge in [-0.2, -0.15) is 0 Å². The number of hydrogen-bond acceptors (Lipinski definition) is 1. The molecule has 3 heteroatoms. The summed E-state index contributed by atoms with van der Waals surface area (Å²) in [6.07, 6.45) is 4.13. The minimum Gasteiger partial charge on any atom is -0.353 e. The number of para-hydroxylation sites is 1. The van der Waals surface area contributed by atoms with Crippen LogP contribution < -0.4 is 4.57 Å². The van der Waals surface area contributed by atoms with E-state index in [2.05, 4.69) is 48.6 Å². The van der Waals surface area contributed by atoms with Crippen LogP contribution in [0.3, 0.4) is 0 Å². The number of aromatic amines is 1. The van der Waals surface area contributed by atoms with Gasteiger partial charge in [0.05, 0.1) is 11.0 Å². The van der Waals surface area contributed by atoms with Crippen molar-refractivity contribution < 1.29 is 4.57 Å². The molecule has 0 radical (unpaired) electrons. The number of hydrogen-bond donors (Lipinski definition) is 1. The largest absolute Gasteiger partial charge is 0.353 e. The van der Waals surface area contributed by atoms with Gasteiger partial charge in [0, 0.05) is 22.4 Å². The molecule has 92 valence electrons. The van der Waals surface area contributed by atoms with Gasteiger partial charge in [0.2, 0.25) is 0 Å². The molecule has 3 heterocycles. The maximum absolute atomic E-state index is 4.84. The smallest absolute Gasteiger partial charge is 0.195 e. The number of nitrogens with one attached hydrogen (secondary N) is 1. The Morgan fingerprint density at radius 2 is 1.95 bits per heavy atom. The summed E-state index contributed by atoms with van der Waals surface area (Å²) < 4.78 is 2.04. The molecule has 0 aliphatic rings. The van der Waals surface area contributed by atoms with Crippen molar-refractivity contribution in [1.82, 2.24) is 9.97 Å². The predicted octanol–water partition coefficient (Wildman–Crippen LogP) is 3.00. The van der Waals surface area contributed by atoms with E-state index in [1.807, 2.05) is 17.7 Å². The van der Waals surface area contributed by atoms with E-state index >= 15 is 0 Å². The van der Waals surface area contributed by atoms with Crippen LogP contribution in [0.1, 0.15) is 5.56 Å². The first-order valence-electron chi connectivity index (χ1n) is 6.40. The van der Waals surface area contributed by atoms with Gasteiger partial charge in [0.1, 0.15) is 12.6 Å². The van der Waals surface area contributed by atoms with Gasteiger partial charge in [-0.1, -0.05) is 18.2 Å². The fourth-order valence-electron chi connectivity index (χ4n) is 2.76. The van der Waals surface area contributed by atoms with Gasteiger partial charge in [0.15, 0.2) is 12.4 Å². The summed E-state index contributed by atoms with van der Waals surface area (Å²) in [6, 6.07) is 10.5. The minimum absolute atomic E-state index is 1.04. The highest BCUT2D eigenvalue weighted by atomic mass is 14.9. The molecule has 0 aliphatic heterocycles. The van der Waals surface area contributed by atoms with Crippen LogP contribution in [-0.2, 0) is 7.05 Å². The van der Waals surface area contributed by atoms with Gasteiger partial charge in [-0.25, -0.2) is 9.55 Å². The highest BCUT2D eigenvalue weighted by Crippen LogP contribution is 2.29. The SMILES string of the molecule is Cc1c2cc[n+](C)cc2nc2c1[nH]c1ccccc12. The molecule has 0 saturated heterocycles. The van der Waals surface area contributed by atoms with Crippen molar-refractivity contribution in [1.29, 1.82) is 0 Å². The van der Waals surface area contributed by atoms with Crippen LogP contribution in [0.2, 0.25) is 0 Å².